The van der Waals surface area contributed by atoms with E-state index < -0.39 is 20.7 Å². The van der Waals surface area contributed by atoms with Crippen LogP contribution in [0.3, 0.4) is 0 Å². The summed E-state index contributed by atoms with van der Waals surface area (Å²) in [6.07, 6.45) is 0.965. The number of nitrogens with zero attached hydrogens (tertiary/aromatic N) is 4. The molecule has 0 saturated carbocycles. The van der Waals surface area contributed by atoms with Gasteiger partial charge in [0.15, 0.2) is 15.5 Å². The molecule has 198 valence electrons. The van der Waals surface area contributed by atoms with Crippen LogP contribution in [0.25, 0.3) is 5.65 Å². The first-order chi connectivity index (χ1) is 18.0. The molecule has 2 aromatic carbocycles. The third-order valence-corrected chi connectivity index (χ3v) is 9.18. The normalized spacial score (nSPS) is 15.1. The van der Waals surface area contributed by atoms with Gasteiger partial charge in [-0.15, -0.1) is 0 Å². The van der Waals surface area contributed by atoms with Crippen LogP contribution in [0.1, 0.15) is 48.3 Å². The van der Waals surface area contributed by atoms with Crippen LogP contribution >= 0.6 is 0 Å². The van der Waals surface area contributed by atoms with Gasteiger partial charge in [0.05, 0.1) is 21.4 Å². The molecule has 3 heterocycles. The number of piperidine rings is 1. The van der Waals surface area contributed by atoms with E-state index >= 15 is 0 Å². The Morgan fingerprint density at radius 2 is 1.68 bits per heavy atom. The zero-order valence-corrected chi connectivity index (χ0v) is 22.4. The summed E-state index contributed by atoms with van der Waals surface area (Å²) in [5, 5.41) is 17.2. The Morgan fingerprint density at radius 1 is 1.03 bits per heavy atom. The molecule has 0 radical (unpaired) electrons. The number of fused-ring (bicyclic) bond motifs is 1. The van der Waals surface area contributed by atoms with Gasteiger partial charge >= 0.3 is 0 Å². The number of amides is 1. The Balaban J connectivity index is 1.37. The monoisotopic (exact) mass is 533 g/mol. The third kappa shape index (κ3) is 5.14. The fraction of sp³-hybridized carbons (Fsp3) is 0.321. The Morgan fingerprint density at radius 3 is 2.32 bits per heavy atom. The van der Waals surface area contributed by atoms with Crippen molar-refractivity contribution in [3.63, 3.8) is 0 Å². The second-order valence-corrected chi connectivity index (χ2v) is 12.4. The molecule has 9 nitrogen and oxygen atoms in total. The second-order valence-electron chi connectivity index (χ2n) is 10.2. The fourth-order valence-electron chi connectivity index (χ4n) is 4.78. The van der Waals surface area contributed by atoms with Crippen LogP contribution in [0.15, 0.2) is 71.6 Å². The Bertz CT molecular complexity index is 1570. The number of aryl methyl sites for hydroxylation is 1. The lowest BCUT2D eigenvalue weighted by Gasteiger charge is -2.33. The maximum Gasteiger partial charge on any atom is 0.256 e. The van der Waals surface area contributed by atoms with Crippen LogP contribution in [-0.2, 0) is 15.4 Å². The largest absolute Gasteiger partial charge is 0.386 e. The number of rotatable bonds is 6. The number of hydrogen-bond acceptors (Lipinski definition) is 7. The van der Waals surface area contributed by atoms with Gasteiger partial charge in [0, 0.05) is 30.8 Å². The molecule has 0 unspecified atom stereocenters. The number of hydrogen-bond donors (Lipinski definition) is 2. The molecule has 4 aromatic rings. The Labute approximate surface area is 222 Å². The highest BCUT2D eigenvalue weighted by atomic mass is 32.2. The molecule has 38 heavy (non-hydrogen) atoms. The number of aromatic nitrogens is 3. The predicted octanol–water partition coefficient (Wildman–Crippen LogP) is 3.96. The van der Waals surface area contributed by atoms with Crippen molar-refractivity contribution in [3.05, 3.63) is 83.6 Å². The van der Waals surface area contributed by atoms with E-state index in [1.807, 2.05) is 19.1 Å². The molecule has 2 N–H and O–H groups in total. The number of anilines is 2. The van der Waals surface area contributed by atoms with Crippen molar-refractivity contribution >= 4 is 33.0 Å². The summed E-state index contributed by atoms with van der Waals surface area (Å²) in [5.41, 5.74) is 1.53. The smallest absolute Gasteiger partial charge is 0.256 e. The minimum absolute atomic E-state index is 0.320. The molecular weight excluding hydrogens is 502 g/mol. The Kier molecular flexibility index (Phi) is 6.70. The van der Waals surface area contributed by atoms with Crippen LogP contribution in [0.2, 0.25) is 0 Å². The number of benzene rings is 2. The molecule has 1 saturated heterocycles. The van der Waals surface area contributed by atoms with Gasteiger partial charge in [-0.3, -0.25) is 4.79 Å². The van der Waals surface area contributed by atoms with E-state index in [9.17, 15) is 18.3 Å². The van der Waals surface area contributed by atoms with Gasteiger partial charge in [-0.25, -0.2) is 13.4 Å². The summed E-state index contributed by atoms with van der Waals surface area (Å²) in [4.78, 5) is 20.0. The van der Waals surface area contributed by atoms with Crippen molar-refractivity contribution in [3.8, 4) is 0 Å². The molecule has 1 aliphatic rings. The summed E-state index contributed by atoms with van der Waals surface area (Å²) in [7, 11) is -3.41. The molecule has 10 heteroatoms. The van der Waals surface area contributed by atoms with Crippen LogP contribution in [0.5, 0.6) is 0 Å². The van der Waals surface area contributed by atoms with Gasteiger partial charge in [0.25, 0.3) is 5.91 Å². The maximum atomic E-state index is 13.1. The van der Waals surface area contributed by atoms with Crippen LogP contribution in [-0.4, -0.2) is 52.4 Å². The minimum atomic E-state index is -3.41. The number of carbonyl (C=O) groups is 1. The lowest BCUT2D eigenvalue weighted by molar-refractivity contribution is 0.0785. The zero-order chi connectivity index (χ0) is 27.1. The summed E-state index contributed by atoms with van der Waals surface area (Å²) in [6.45, 7) is 6.31. The molecule has 1 fully saturated rings. The van der Waals surface area contributed by atoms with Crippen LogP contribution in [0, 0.1) is 6.92 Å². The van der Waals surface area contributed by atoms with E-state index in [-0.39, 0.29) is 5.91 Å². The highest BCUT2D eigenvalue weighted by molar-refractivity contribution is 7.92. The summed E-state index contributed by atoms with van der Waals surface area (Å²) in [5.74, 6) is 0.799. The van der Waals surface area contributed by atoms with Gasteiger partial charge < -0.3 is 15.3 Å². The van der Waals surface area contributed by atoms with Gasteiger partial charge in [-0.05, 0) is 63.4 Å². The van der Waals surface area contributed by atoms with Gasteiger partial charge in [-0.2, -0.15) is 9.61 Å². The Hall–Kier alpha value is -3.76. The first-order valence-electron chi connectivity index (χ1n) is 12.6. The van der Waals surface area contributed by atoms with Crippen molar-refractivity contribution in [1.29, 1.82) is 0 Å². The fourth-order valence-corrected chi connectivity index (χ4v) is 6.53. The molecule has 0 spiro atoms. The maximum absolute atomic E-state index is 13.1. The van der Waals surface area contributed by atoms with Crippen LogP contribution < -0.4 is 10.2 Å². The summed E-state index contributed by atoms with van der Waals surface area (Å²) < 4.78 is 28.0. The third-order valence-electron chi connectivity index (χ3n) is 6.90. The number of sulfone groups is 1. The first kappa shape index (κ1) is 25.9. The molecular formula is C28H31N5O4S. The quantitative estimate of drug-likeness (QED) is 0.385. The van der Waals surface area contributed by atoms with E-state index in [0.29, 0.717) is 53.4 Å². The highest BCUT2D eigenvalue weighted by Gasteiger charge is 2.32. The van der Waals surface area contributed by atoms with Gasteiger partial charge in [-0.1, -0.05) is 30.3 Å². The van der Waals surface area contributed by atoms with E-state index in [1.165, 1.54) is 0 Å². The molecule has 5 rings (SSSR count). The molecule has 1 amide bonds. The van der Waals surface area contributed by atoms with E-state index in [4.69, 9.17) is 0 Å². The topological polar surface area (TPSA) is 117 Å². The standard InChI is InChI=1S/C28H31N5O4S/c1-19-17-25-29-24(30-27(34)20-9-11-21(12-10-20)28(2,3)35)18-26(33(25)31-19)32-15-13-23(14-16-32)38(36,37)22-7-5-4-6-8-22/h4-12,17-18,23,35H,13-16H2,1-3H3,(H,29,30,34). The van der Waals surface area contributed by atoms with Crippen molar-refractivity contribution in [2.75, 3.05) is 23.3 Å². The van der Waals surface area contributed by atoms with E-state index in [2.05, 4.69) is 20.3 Å². The van der Waals surface area contributed by atoms with Gasteiger partial charge in [0.1, 0.15) is 11.6 Å². The number of nitrogens with one attached hydrogen (secondary N) is 1. The average Bonchev–Trinajstić information content (AvgIpc) is 3.28. The lowest BCUT2D eigenvalue weighted by Crippen LogP contribution is -2.40. The predicted molar refractivity (Wildman–Crippen MR) is 146 cm³/mol. The molecule has 2 aromatic heterocycles. The first-order valence-corrected chi connectivity index (χ1v) is 14.1. The molecule has 0 atom stereocenters. The minimum Gasteiger partial charge on any atom is -0.386 e. The second kappa shape index (κ2) is 9.85. The average molecular weight is 534 g/mol. The summed E-state index contributed by atoms with van der Waals surface area (Å²) >= 11 is 0. The van der Waals surface area contributed by atoms with Crippen molar-refractivity contribution in [2.45, 2.75) is 49.4 Å². The number of carbonyl (C=O) groups excluding carboxylic acids is 1. The summed E-state index contributed by atoms with van der Waals surface area (Å²) in [6, 6.07) is 19.0. The van der Waals surface area contributed by atoms with Crippen LogP contribution in [0.4, 0.5) is 11.6 Å². The van der Waals surface area contributed by atoms with Crippen molar-refractivity contribution in [2.24, 2.45) is 0 Å². The number of aliphatic hydroxyl groups is 1. The molecule has 0 aliphatic carbocycles. The SMILES string of the molecule is Cc1cc2nc(NC(=O)c3ccc(C(C)(C)O)cc3)cc(N3CCC(S(=O)(=O)c4ccccc4)CC3)n2n1. The van der Waals surface area contributed by atoms with Crippen molar-refractivity contribution < 1.29 is 18.3 Å². The van der Waals surface area contributed by atoms with E-state index in [1.54, 1.807) is 73.0 Å². The van der Waals surface area contributed by atoms with Gasteiger partial charge in [0.2, 0.25) is 0 Å². The zero-order valence-electron chi connectivity index (χ0n) is 21.6. The lowest BCUT2D eigenvalue weighted by atomic mass is 9.97. The highest BCUT2D eigenvalue weighted by Crippen LogP contribution is 2.29. The van der Waals surface area contributed by atoms with Crippen molar-refractivity contribution in [1.82, 2.24) is 14.6 Å². The molecule has 0 bridgehead atoms. The van der Waals surface area contributed by atoms with E-state index in [0.717, 1.165) is 11.5 Å². The molecule has 1 aliphatic heterocycles.